The third-order valence-corrected chi connectivity index (χ3v) is 13.6. The second-order valence-electron chi connectivity index (χ2n) is 16.3. The van der Waals surface area contributed by atoms with Crippen molar-refractivity contribution in [3.8, 4) is 61.7 Å². The molecule has 14 rings (SSSR count). The number of nitrogens with zero attached hydrogens (tertiary/aromatic N) is 1. The summed E-state index contributed by atoms with van der Waals surface area (Å²) in [5.74, 6) is 1.78. The van der Waals surface area contributed by atoms with Gasteiger partial charge in [-0.05, 0) is 114 Å². The summed E-state index contributed by atoms with van der Waals surface area (Å²) in [6.45, 7) is 0. The molecule has 11 aromatic rings. The molecule has 3 aliphatic rings. The van der Waals surface area contributed by atoms with Gasteiger partial charge in [0.25, 0.3) is 0 Å². The van der Waals surface area contributed by atoms with Crippen molar-refractivity contribution >= 4 is 43.4 Å². The molecule has 2 nitrogen and oxygen atoms in total. The number of para-hydroxylation sites is 2. The molecule has 1 atom stereocenters. The second-order valence-corrected chi connectivity index (χ2v) is 16.3. The fourth-order valence-electron chi connectivity index (χ4n) is 11.3. The third kappa shape index (κ3) is 3.91. The summed E-state index contributed by atoms with van der Waals surface area (Å²) in [7, 11) is 0. The molecule has 0 saturated heterocycles. The molecule has 10 aromatic carbocycles. The number of hydrogen-bond acceptors (Lipinski definition) is 1. The van der Waals surface area contributed by atoms with Gasteiger partial charge in [0.15, 0.2) is 0 Å². The Bertz CT molecular complexity index is 3610. The number of aromatic nitrogens is 1. The Balaban J connectivity index is 0.974. The van der Waals surface area contributed by atoms with Crippen molar-refractivity contribution in [2.75, 3.05) is 0 Å². The van der Waals surface area contributed by atoms with Crippen LogP contribution in [0.5, 0.6) is 11.5 Å². The van der Waals surface area contributed by atoms with E-state index in [4.69, 9.17) is 4.74 Å². The Labute approximate surface area is 340 Å². The molecule has 2 heterocycles. The van der Waals surface area contributed by atoms with Crippen LogP contribution in [0.25, 0.3) is 93.5 Å². The lowest BCUT2D eigenvalue weighted by Gasteiger charge is -2.31. The van der Waals surface area contributed by atoms with Crippen molar-refractivity contribution in [2.45, 2.75) is 5.41 Å². The van der Waals surface area contributed by atoms with Gasteiger partial charge in [-0.2, -0.15) is 0 Å². The lowest BCUT2D eigenvalue weighted by atomic mass is 9.70. The van der Waals surface area contributed by atoms with Gasteiger partial charge in [-0.25, -0.2) is 0 Å². The molecule has 0 bridgehead atoms. The molecule has 2 heteroatoms. The predicted octanol–water partition coefficient (Wildman–Crippen LogP) is 14.9. The minimum atomic E-state index is -0.428. The summed E-state index contributed by atoms with van der Waals surface area (Å²) >= 11 is 0. The standard InChI is InChI=1S/C57H33NO/c1-2-13-37-34(12-1)25-28-48-55(37)43-17-4-8-21-47(43)57(48)46-20-7-3-14-38(46)39-27-24-36(33-49(39)57)35-26-30-53-45(32-35)42-18-11-19-44-52(29-31-54(59-53)56(42)44)58-50-22-9-5-15-40(50)41-16-6-10-23-51(41)58/h1-33H. The Morgan fingerprint density at radius 2 is 0.966 bits per heavy atom. The first-order valence-corrected chi connectivity index (χ1v) is 20.5. The van der Waals surface area contributed by atoms with Crippen LogP contribution in [0.3, 0.4) is 0 Å². The molecular weight excluding hydrogens is 715 g/mol. The fourth-order valence-corrected chi connectivity index (χ4v) is 11.3. The second kappa shape index (κ2) is 11.2. The van der Waals surface area contributed by atoms with Gasteiger partial charge in [0.2, 0.25) is 0 Å². The maximum absolute atomic E-state index is 6.78. The van der Waals surface area contributed by atoms with Crippen LogP contribution in [0.15, 0.2) is 200 Å². The van der Waals surface area contributed by atoms with Crippen LogP contribution in [-0.4, -0.2) is 4.57 Å². The van der Waals surface area contributed by atoms with E-state index >= 15 is 0 Å². The van der Waals surface area contributed by atoms with E-state index in [0.29, 0.717) is 0 Å². The minimum Gasteiger partial charge on any atom is -0.456 e. The van der Waals surface area contributed by atoms with Gasteiger partial charge in [-0.3, -0.25) is 0 Å². The summed E-state index contributed by atoms with van der Waals surface area (Å²) in [5.41, 5.74) is 18.5. The van der Waals surface area contributed by atoms with E-state index in [1.807, 2.05) is 0 Å². The summed E-state index contributed by atoms with van der Waals surface area (Å²) < 4.78 is 9.20. The van der Waals surface area contributed by atoms with Crippen LogP contribution in [-0.2, 0) is 5.41 Å². The molecule has 2 aliphatic carbocycles. The van der Waals surface area contributed by atoms with E-state index < -0.39 is 5.41 Å². The third-order valence-electron chi connectivity index (χ3n) is 13.6. The monoisotopic (exact) mass is 747 g/mol. The molecule has 1 aliphatic heterocycles. The zero-order chi connectivity index (χ0) is 38.4. The normalized spacial score (nSPS) is 15.3. The molecular formula is C57H33NO. The summed E-state index contributed by atoms with van der Waals surface area (Å²) in [6.07, 6.45) is 0. The Morgan fingerprint density at radius 1 is 0.356 bits per heavy atom. The van der Waals surface area contributed by atoms with Gasteiger partial charge >= 0.3 is 0 Å². The van der Waals surface area contributed by atoms with Gasteiger partial charge < -0.3 is 9.30 Å². The number of ether oxygens (including phenoxy) is 1. The molecule has 0 radical (unpaired) electrons. The van der Waals surface area contributed by atoms with Gasteiger partial charge in [0, 0.05) is 27.1 Å². The smallest absolute Gasteiger partial charge is 0.136 e. The SMILES string of the molecule is c1ccc2c(c1)-c1ccc(-c3ccc4c(c3)-c3cccc5c(-n6c7ccccc7c7ccccc76)ccc(c35)O4)cc1C21c2ccccc2-c2c1ccc1ccccc21. The molecule has 0 fully saturated rings. The quantitative estimate of drug-likeness (QED) is 0.172. The zero-order valence-electron chi connectivity index (χ0n) is 31.9. The van der Waals surface area contributed by atoms with Crippen LogP contribution in [0.4, 0.5) is 0 Å². The number of fused-ring (bicyclic) bond motifs is 17. The topological polar surface area (TPSA) is 14.2 Å². The maximum atomic E-state index is 6.78. The Kier molecular flexibility index (Phi) is 5.99. The van der Waals surface area contributed by atoms with Gasteiger partial charge in [0.1, 0.15) is 11.5 Å². The van der Waals surface area contributed by atoms with Crippen molar-refractivity contribution in [3.63, 3.8) is 0 Å². The lowest BCUT2D eigenvalue weighted by molar-refractivity contribution is 0.487. The van der Waals surface area contributed by atoms with Crippen LogP contribution in [0, 0.1) is 0 Å². The van der Waals surface area contributed by atoms with Crippen LogP contribution >= 0.6 is 0 Å². The molecule has 0 N–H and O–H groups in total. The molecule has 272 valence electrons. The molecule has 1 unspecified atom stereocenters. The van der Waals surface area contributed by atoms with Crippen LogP contribution < -0.4 is 4.74 Å². The fraction of sp³-hybridized carbons (Fsp3) is 0.0175. The van der Waals surface area contributed by atoms with Crippen molar-refractivity contribution < 1.29 is 4.74 Å². The number of rotatable bonds is 2. The predicted molar refractivity (Wildman–Crippen MR) is 243 cm³/mol. The van der Waals surface area contributed by atoms with Gasteiger partial charge in [0.05, 0.1) is 22.1 Å². The summed E-state index contributed by atoms with van der Waals surface area (Å²) in [6, 6.07) is 74.2. The highest BCUT2D eigenvalue weighted by Crippen LogP contribution is 2.64. The van der Waals surface area contributed by atoms with Crippen LogP contribution in [0.2, 0.25) is 0 Å². The maximum Gasteiger partial charge on any atom is 0.136 e. The van der Waals surface area contributed by atoms with Gasteiger partial charge in [-0.15, -0.1) is 0 Å². The first-order valence-electron chi connectivity index (χ1n) is 20.5. The average Bonchev–Trinajstić information content (AvgIpc) is 3.91. The van der Waals surface area contributed by atoms with Crippen molar-refractivity contribution in [3.05, 3.63) is 222 Å². The van der Waals surface area contributed by atoms with Crippen molar-refractivity contribution in [1.29, 1.82) is 0 Å². The molecule has 0 saturated carbocycles. The number of hydrogen-bond donors (Lipinski definition) is 0. The molecule has 1 spiro atoms. The van der Waals surface area contributed by atoms with Gasteiger partial charge in [-0.1, -0.05) is 158 Å². The van der Waals surface area contributed by atoms with E-state index in [2.05, 4.69) is 205 Å². The molecule has 0 amide bonds. The van der Waals surface area contributed by atoms with Crippen LogP contribution in [0.1, 0.15) is 22.3 Å². The van der Waals surface area contributed by atoms with E-state index in [9.17, 15) is 0 Å². The van der Waals surface area contributed by atoms with E-state index in [-0.39, 0.29) is 0 Å². The summed E-state index contributed by atoms with van der Waals surface area (Å²) in [5, 5.41) is 7.41. The Morgan fingerprint density at radius 3 is 1.80 bits per heavy atom. The average molecular weight is 748 g/mol. The Hall–Kier alpha value is -7.68. The lowest BCUT2D eigenvalue weighted by Crippen LogP contribution is -2.25. The van der Waals surface area contributed by atoms with E-state index in [1.165, 1.54) is 99.2 Å². The zero-order valence-corrected chi connectivity index (χ0v) is 31.9. The number of benzene rings is 10. The highest BCUT2D eigenvalue weighted by molar-refractivity contribution is 6.13. The first-order chi connectivity index (χ1) is 29.3. The molecule has 1 aromatic heterocycles. The highest BCUT2D eigenvalue weighted by atomic mass is 16.5. The first kappa shape index (κ1) is 31.4. The van der Waals surface area contributed by atoms with E-state index in [0.717, 1.165) is 28.1 Å². The van der Waals surface area contributed by atoms with Crippen molar-refractivity contribution in [1.82, 2.24) is 4.57 Å². The molecule has 59 heavy (non-hydrogen) atoms. The van der Waals surface area contributed by atoms with Crippen molar-refractivity contribution in [2.24, 2.45) is 0 Å². The largest absolute Gasteiger partial charge is 0.456 e. The highest BCUT2D eigenvalue weighted by Gasteiger charge is 2.52. The minimum absolute atomic E-state index is 0.428. The van der Waals surface area contributed by atoms with E-state index in [1.54, 1.807) is 0 Å². The summed E-state index contributed by atoms with van der Waals surface area (Å²) in [4.78, 5) is 0.